The maximum Gasteiger partial charge on any atom is 0.296 e. The van der Waals surface area contributed by atoms with E-state index in [0.717, 1.165) is 6.20 Å². The van der Waals surface area contributed by atoms with Crippen molar-refractivity contribution in [1.29, 1.82) is 0 Å². The summed E-state index contributed by atoms with van der Waals surface area (Å²) in [5.74, 6) is 0.442. The minimum atomic E-state index is -0.0373. The van der Waals surface area contributed by atoms with Gasteiger partial charge in [-0.25, -0.2) is 9.71 Å². The molecule has 0 unspecified atom stereocenters. The van der Waals surface area contributed by atoms with Crippen molar-refractivity contribution < 1.29 is 9.84 Å². The van der Waals surface area contributed by atoms with Crippen molar-refractivity contribution >= 4 is 11.6 Å². The molecule has 0 aliphatic heterocycles. The maximum atomic E-state index is 11.0. The van der Waals surface area contributed by atoms with E-state index < -0.39 is 0 Å². The molecule has 0 radical (unpaired) electrons. The Bertz CT molecular complexity index is 266. The maximum absolute atomic E-state index is 11.0. The minimum absolute atomic E-state index is 0.0373. The van der Waals surface area contributed by atoms with Crippen molar-refractivity contribution in [2.75, 3.05) is 24.2 Å². The van der Waals surface area contributed by atoms with Crippen molar-refractivity contribution in [3.63, 3.8) is 0 Å². The van der Waals surface area contributed by atoms with E-state index in [2.05, 4.69) is 10.3 Å². The third-order valence-corrected chi connectivity index (χ3v) is 1.24. The van der Waals surface area contributed by atoms with Crippen LogP contribution in [0.1, 0.15) is 0 Å². The number of aliphatic hydroxyl groups is 1. The fourth-order valence-corrected chi connectivity index (χ4v) is 0.723. The highest BCUT2D eigenvalue weighted by atomic mass is 16.5. The molecule has 0 aliphatic carbocycles. The number of aromatic nitrogens is 2. The van der Waals surface area contributed by atoms with Gasteiger partial charge in [-0.15, -0.1) is 0 Å². The quantitative estimate of drug-likeness (QED) is 0.387. The van der Waals surface area contributed by atoms with Crippen LogP contribution < -0.4 is 15.8 Å². The van der Waals surface area contributed by atoms with Gasteiger partial charge in [-0.2, -0.15) is 0 Å². The Balaban J connectivity index is 2.72. The predicted molar refractivity (Wildman–Crippen MR) is 43.2 cm³/mol. The average molecular weight is 170 g/mol. The molecule has 0 spiro atoms. The average Bonchev–Trinajstić information content (AvgIpc) is 2.03. The van der Waals surface area contributed by atoms with Crippen LogP contribution in [-0.2, 0) is 0 Å². The lowest BCUT2D eigenvalue weighted by Crippen LogP contribution is -2.32. The molecule has 0 bridgehead atoms. The van der Waals surface area contributed by atoms with Gasteiger partial charge < -0.3 is 16.0 Å². The molecule has 1 rings (SSSR count). The number of hydrogen-bond donors (Lipinski definition) is 3. The molecule has 0 aliphatic rings. The lowest BCUT2D eigenvalue weighted by molar-refractivity contribution is -0.590. The lowest BCUT2D eigenvalue weighted by atomic mass is 10.6. The van der Waals surface area contributed by atoms with Gasteiger partial charge in [-0.05, 0) is 0 Å². The van der Waals surface area contributed by atoms with Crippen molar-refractivity contribution in [2.24, 2.45) is 0 Å². The highest BCUT2D eigenvalue weighted by Crippen LogP contribution is 1.97. The van der Waals surface area contributed by atoms with Gasteiger partial charge in [-0.3, -0.25) is 5.32 Å². The molecule has 1 aromatic rings. The van der Waals surface area contributed by atoms with Crippen LogP contribution in [0, 0.1) is 5.21 Å². The van der Waals surface area contributed by atoms with Gasteiger partial charge in [0.25, 0.3) is 5.82 Å². The van der Waals surface area contributed by atoms with E-state index >= 15 is 0 Å². The molecule has 1 aromatic heterocycles. The minimum Gasteiger partial charge on any atom is -0.710 e. The zero-order valence-electron chi connectivity index (χ0n) is 6.40. The molecular formula is C6H10N4O2. The summed E-state index contributed by atoms with van der Waals surface area (Å²) in [6.45, 7) is 0.276. The first-order valence-corrected chi connectivity index (χ1v) is 3.43. The molecule has 6 nitrogen and oxygen atoms in total. The third kappa shape index (κ3) is 1.96. The monoisotopic (exact) mass is 170 g/mol. The molecule has 4 N–H and O–H groups in total. The van der Waals surface area contributed by atoms with Crippen LogP contribution in [0.15, 0.2) is 12.4 Å². The first kappa shape index (κ1) is 8.54. The van der Waals surface area contributed by atoms with E-state index in [1.807, 2.05) is 0 Å². The number of nitrogens with two attached hydrogens (primary N) is 1. The van der Waals surface area contributed by atoms with Gasteiger partial charge >= 0.3 is 0 Å². The van der Waals surface area contributed by atoms with Crippen LogP contribution in [0.4, 0.5) is 11.6 Å². The predicted octanol–water partition coefficient (Wildman–Crippen LogP) is -1.30. The standard InChI is InChI=1S/C6H10N4O2/c7-5-4-10(12)6(3-9-5)8-1-2-11/h3-4,8,11H,1-2H2,(H2,7,9). The highest BCUT2D eigenvalue weighted by Gasteiger charge is 2.02. The van der Waals surface area contributed by atoms with E-state index in [9.17, 15) is 5.21 Å². The number of nitrogens with one attached hydrogen (secondary N) is 1. The first-order chi connectivity index (χ1) is 5.74. The fraction of sp³-hybridized carbons (Fsp3) is 0.333. The Morgan fingerprint density at radius 2 is 2.50 bits per heavy atom. The Morgan fingerprint density at radius 3 is 3.08 bits per heavy atom. The van der Waals surface area contributed by atoms with Crippen molar-refractivity contribution in [3.05, 3.63) is 17.6 Å². The van der Waals surface area contributed by atoms with E-state index in [0.29, 0.717) is 11.3 Å². The molecule has 6 heteroatoms. The first-order valence-electron chi connectivity index (χ1n) is 3.43. The summed E-state index contributed by atoms with van der Waals surface area (Å²) in [7, 11) is 0. The second-order valence-electron chi connectivity index (χ2n) is 2.17. The number of aliphatic hydroxyl groups excluding tert-OH is 1. The van der Waals surface area contributed by atoms with Crippen molar-refractivity contribution in [3.8, 4) is 0 Å². The molecule has 1 heterocycles. The van der Waals surface area contributed by atoms with Crippen molar-refractivity contribution in [1.82, 2.24) is 4.98 Å². The second kappa shape index (κ2) is 3.72. The fourth-order valence-electron chi connectivity index (χ4n) is 0.723. The highest BCUT2D eigenvalue weighted by molar-refractivity contribution is 5.30. The van der Waals surface area contributed by atoms with E-state index in [-0.39, 0.29) is 18.2 Å². The van der Waals surface area contributed by atoms with Gasteiger partial charge in [0.05, 0.1) is 6.61 Å². The van der Waals surface area contributed by atoms with Crippen LogP contribution in [-0.4, -0.2) is 23.2 Å². The summed E-state index contributed by atoms with van der Waals surface area (Å²) in [6.07, 6.45) is 2.47. The van der Waals surface area contributed by atoms with Gasteiger partial charge in [0.2, 0.25) is 0 Å². The number of nitrogens with zero attached hydrogens (tertiary/aromatic N) is 2. The van der Waals surface area contributed by atoms with Crippen LogP contribution in [0.25, 0.3) is 0 Å². The molecule has 0 saturated carbocycles. The molecule has 0 saturated heterocycles. The molecule has 12 heavy (non-hydrogen) atoms. The zero-order valence-corrected chi connectivity index (χ0v) is 6.40. The normalized spacial score (nSPS) is 9.75. The van der Waals surface area contributed by atoms with Crippen LogP contribution in [0.3, 0.4) is 0 Å². The lowest BCUT2D eigenvalue weighted by Gasteiger charge is -2.07. The second-order valence-corrected chi connectivity index (χ2v) is 2.17. The van der Waals surface area contributed by atoms with Crippen LogP contribution in [0.2, 0.25) is 0 Å². The number of hydrogen-bond acceptors (Lipinski definition) is 5. The molecular weight excluding hydrogens is 160 g/mol. The van der Waals surface area contributed by atoms with E-state index in [1.54, 1.807) is 0 Å². The Hall–Kier alpha value is -1.56. The SMILES string of the molecule is Nc1c[n+]([O-])c(NCCO)cn1. The van der Waals surface area contributed by atoms with E-state index in [1.165, 1.54) is 6.20 Å². The molecule has 0 aromatic carbocycles. The van der Waals surface area contributed by atoms with Crippen LogP contribution in [0.5, 0.6) is 0 Å². The van der Waals surface area contributed by atoms with Crippen molar-refractivity contribution in [2.45, 2.75) is 0 Å². The zero-order chi connectivity index (χ0) is 8.97. The molecule has 0 atom stereocenters. The third-order valence-electron chi connectivity index (χ3n) is 1.24. The van der Waals surface area contributed by atoms with Gasteiger partial charge in [0.15, 0.2) is 5.82 Å². The topological polar surface area (TPSA) is 98.1 Å². The van der Waals surface area contributed by atoms with Gasteiger partial charge in [-0.1, -0.05) is 0 Å². The summed E-state index contributed by atoms with van der Waals surface area (Å²) in [4.78, 5) is 3.71. The van der Waals surface area contributed by atoms with Crippen LogP contribution >= 0.6 is 0 Å². The Kier molecular flexibility index (Phi) is 2.65. The summed E-state index contributed by atoms with van der Waals surface area (Å²) in [6, 6.07) is 0. The van der Waals surface area contributed by atoms with E-state index in [4.69, 9.17) is 10.8 Å². The number of anilines is 2. The Labute approximate surface area is 69.2 Å². The summed E-state index contributed by atoms with van der Waals surface area (Å²) >= 11 is 0. The molecule has 66 valence electrons. The Morgan fingerprint density at radius 1 is 1.75 bits per heavy atom. The largest absolute Gasteiger partial charge is 0.710 e. The smallest absolute Gasteiger partial charge is 0.296 e. The summed E-state index contributed by atoms with van der Waals surface area (Å²) in [5.41, 5.74) is 5.25. The molecule has 0 fully saturated rings. The number of rotatable bonds is 3. The van der Waals surface area contributed by atoms with Gasteiger partial charge in [0.1, 0.15) is 18.9 Å². The van der Waals surface area contributed by atoms with Gasteiger partial charge in [0, 0.05) is 0 Å². The summed E-state index contributed by atoms with van der Waals surface area (Å²) in [5, 5.41) is 22.1. The summed E-state index contributed by atoms with van der Waals surface area (Å²) < 4.78 is 0.567. The number of nitrogen functional groups attached to an aromatic ring is 1. The molecule has 0 amide bonds.